The summed E-state index contributed by atoms with van der Waals surface area (Å²) >= 11 is 3.09. The molecule has 1 rings (SSSR count). The third-order valence-corrected chi connectivity index (χ3v) is 3.78. The van der Waals surface area contributed by atoms with E-state index >= 15 is 0 Å². The standard InChI is InChI=1S/C14H19BrF3NO/c1-9(2)10(3)7-19-8-11-4-5-13(12(15)6-11)20-14(16,17)18/h4-6,9-10,19H,7-8H2,1-3H3. The van der Waals surface area contributed by atoms with Gasteiger partial charge >= 0.3 is 6.36 Å². The summed E-state index contributed by atoms with van der Waals surface area (Å²) in [5, 5.41) is 3.29. The lowest BCUT2D eigenvalue weighted by Crippen LogP contribution is -2.23. The molecule has 114 valence electrons. The molecule has 1 aromatic carbocycles. The van der Waals surface area contributed by atoms with Crippen LogP contribution in [0, 0.1) is 11.8 Å². The first-order valence-corrected chi connectivity index (χ1v) is 7.23. The van der Waals surface area contributed by atoms with Crippen LogP contribution in [0.25, 0.3) is 0 Å². The van der Waals surface area contributed by atoms with Gasteiger partial charge in [-0.1, -0.05) is 26.8 Å². The predicted molar refractivity (Wildman–Crippen MR) is 76.5 cm³/mol. The summed E-state index contributed by atoms with van der Waals surface area (Å²) in [6, 6.07) is 4.58. The molecule has 6 heteroatoms. The van der Waals surface area contributed by atoms with Crippen LogP contribution in [-0.2, 0) is 6.54 Å². The number of ether oxygens (including phenoxy) is 1. The second-order valence-electron chi connectivity index (χ2n) is 5.16. The van der Waals surface area contributed by atoms with Gasteiger partial charge in [0.15, 0.2) is 0 Å². The molecule has 0 bridgehead atoms. The maximum atomic E-state index is 12.1. The number of nitrogens with one attached hydrogen (secondary N) is 1. The Balaban J connectivity index is 2.55. The SMILES string of the molecule is CC(C)C(C)CNCc1ccc(OC(F)(F)F)c(Br)c1. The third kappa shape index (κ3) is 6.13. The highest BCUT2D eigenvalue weighted by atomic mass is 79.9. The maximum Gasteiger partial charge on any atom is 0.573 e. The molecular formula is C14H19BrF3NO. The Morgan fingerprint density at radius 3 is 2.40 bits per heavy atom. The van der Waals surface area contributed by atoms with Crippen molar-refractivity contribution in [3.63, 3.8) is 0 Å². The predicted octanol–water partition coefficient (Wildman–Crippen LogP) is 4.73. The Kier molecular flexibility index (Phi) is 6.33. The number of rotatable bonds is 6. The van der Waals surface area contributed by atoms with Crippen LogP contribution in [0.1, 0.15) is 26.3 Å². The van der Waals surface area contributed by atoms with E-state index in [1.807, 2.05) is 0 Å². The largest absolute Gasteiger partial charge is 0.573 e. The summed E-state index contributed by atoms with van der Waals surface area (Å²) in [4.78, 5) is 0. The van der Waals surface area contributed by atoms with E-state index in [1.165, 1.54) is 6.07 Å². The van der Waals surface area contributed by atoms with Gasteiger partial charge in [0.1, 0.15) is 5.75 Å². The van der Waals surface area contributed by atoms with Gasteiger partial charge in [-0.05, 0) is 52.0 Å². The highest BCUT2D eigenvalue weighted by Crippen LogP contribution is 2.31. The first kappa shape index (κ1) is 17.3. The van der Waals surface area contributed by atoms with Gasteiger partial charge in [-0.25, -0.2) is 0 Å². The lowest BCUT2D eigenvalue weighted by Gasteiger charge is -2.16. The number of hydrogen-bond acceptors (Lipinski definition) is 2. The van der Waals surface area contributed by atoms with Crippen molar-refractivity contribution in [2.75, 3.05) is 6.54 Å². The van der Waals surface area contributed by atoms with Gasteiger partial charge in [-0.15, -0.1) is 13.2 Å². The average Bonchev–Trinajstić information content (AvgIpc) is 2.30. The van der Waals surface area contributed by atoms with Gasteiger partial charge in [0.05, 0.1) is 4.47 Å². The molecule has 0 radical (unpaired) electrons. The normalized spacial score (nSPS) is 13.6. The lowest BCUT2D eigenvalue weighted by molar-refractivity contribution is -0.274. The number of benzene rings is 1. The Morgan fingerprint density at radius 2 is 1.90 bits per heavy atom. The summed E-state index contributed by atoms with van der Waals surface area (Å²) in [5.41, 5.74) is 0.905. The molecule has 0 amide bonds. The van der Waals surface area contributed by atoms with Crippen molar-refractivity contribution in [2.24, 2.45) is 11.8 Å². The molecule has 1 N–H and O–H groups in total. The van der Waals surface area contributed by atoms with Crippen molar-refractivity contribution >= 4 is 15.9 Å². The van der Waals surface area contributed by atoms with Crippen LogP contribution in [0.5, 0.6) is 5.75 Å². The van der Waals surface area contributed by atoms with E-state index in [9.17, 15) is 13.2 Å². The van der Waals surface area contributed by atoms with E-state index in [1.54, 1.807) is 12.1 Å². The molecule has 1 aromatic rings. The van der Waals surface area contributed by atoms with Crippen LogP contribution in [-0.4, -0.2) is 12.9 Å². The smallest absolute Gasteiger partial charge is 0.405 e. The summed E-state index contributed by atoms with van der Waals surface area (Å²) < 4.78 is 40.6. The van der Waals surface area contributed by atoms with Crippen LogP contribution < -0.4 is 10.1 Å². The van der Waals surface area contributed by atoms with Crippen molar-refractivity contribution in [1.29, 1.82) is 0 Å². The first-order valence-electron chi connectivity index (χ1n) is 6.44. The van der Waals surface area contributed by atoms with Crippen molar-refractivity contribution in [1.82, 2.24) is 5.32 Å². The van der Waals surface area contributed by atoms with E-state index in [0.717, 1.165) is 12.1 Å². The van der Waals surface area contributed by atoms with Crippen molar-refractivity contribution in [3.8, 4) is 5.75 Å². The zero-order valence-corrected chi connectivity index (χ0v) is 13.3. The highest BCUT2D eigenvalue weighted by molar-refractivity contribution is 9.10. The molecule has 1 unspecified atom stereocenters. The minimum Gasteiger partial charge on any atom is -0.405 e. The molecular weight excluding hydrogens is 335 g/mol. The van der Waals surface area contributed by atoms with Crippen molar-refractivity contribution < 1.29 is 17.9 Å². The van der Waals surface area contributed by atoms with E-state index in [0.29, 0.717) is 22.9 Å². The summed E-state index contributed by atoms with van der Waals surface area (Å²) in [6.45, 7) is 7.96. The quantitative estimate of drug-likeness (QED) is 0.798. The van der Waals surface area contributed by atoms with Crippen LogP contribution >= 0.6 is 15.9 Å². The van der Waals surface area contributed by atoms with Gasteiger partial charge in [0.2, 0.25) is 0 Å². The average molecular weight is 354 g/mol. The number of hydrogen-bond donors (Lipinski definition) is 1. The lowest BCUT2D eigenvalue weighted by atomic mass is 9.98. The second kappa shape index (κ2) is 7.31. The molecule has 0 aliphatic carbocycles. The molecule has 20 heavy (non-hydrogen) atoms. The fourth-order valence-electron chi connectivity index (χ4n) is 1.54. The van der Waals surface area contributed by atoms with E-state index in [4.69, 9.17) is 0 Å². The fourth-order valence-corrected chi connectivity index (χ4v) is 2.05. The van der Waals surface area contributed by atoms with Crippen LogP contribution in [0.4, 0.5) is 13.2 Å². The Hall–Kier alpha value is -0.750. The fraction of sp³-hybridized carbons (Fsp3) is 0.571. The van der Waals surface area contributed by atoms with Crippen LogP contribution in [0.2, 0.25) is 0 Å². The van der Waals surface area contributed by atoms with Crippen LogP contribution in [0.3, 0.4) is 0 Å². The minimum absolute atomic E-state index is 0.225. The minimum atomic E-state index is -4.67. The molecule has 2 nitrogen and oxygen atoms in total. The second-order valence-corrected chi connectivity index (χ2v) is 6.02. The molecule has 1 atom stereocenters. The monoisotopic (exact) mass is 353 g/mol. The molecule has 0 fully saturated rings. The van der Waals surface area contributed by atoms with E-state index in [-0.39, 0.29) is 5.75 Å². The van der Waals surface area contributed by atoms with Crippen molar-refractivity contribution in [2.45, 2.75) is 33.7 Å². The number of halogens is 4. The van der Waals surface area contributed by atoms with E-state index < -0.39 is 6.36 Å². The van der Waals surface area contributed by atoms with E-state index in [2.05, 4.69) is 46.8 Å². The van der Waals surface area contributed by atoms with Crippen molar-refractivity contribution in [3.05, 3.63) is 28.2 Å². The van der Waals surface area contributed by atoms with Gasteiger partial charge in [0, 0.05) is 6.54 Å². The molecule has 0 heterocycles. The van der Waals surface area contributed by atoms with Gasteiger partial charge in [0.25, 0.3) is 0 Å². The molecule has 0 aliphatic heterocycles. The van der Waals surface area contributed by atoms with Gasteiger partial charge in [-0.3, -0.25) is 0 Å². The summed E-state index contributed by atoms with van der Waals surface area (Å²) in [6.07, 6.45) is -4.67. The first-order chi connectivity index (χ1) is 9.19. The summed E-state index contributed by atoms with van der Waals surface area (Å²) in [7, 11) is 0. The van der Waals surface area contributed by atoms with Gasteiger partial charge in [-0.2, -0.15) is 0 Å². The Bertz CT molecular complexity index is 435. The summed E-state index contributed by atoms with van der Waals surface area (Å²) in [5.74, 6) is 0.917. The Labute approximate surface area is 125 Å². The molecule has 0 saturated heterocycles. The Morgan fingerprint density at radius 1 is 1.25 bits per heavy atom. The topological polar surface area (TPSA) is 21.3 Å². The number of alkyl halides is 3. The zero-order valence-electron chi connectivity index (χ0n) is 11.7. The molecule has 0 aliphatic rings. The third-order valence-electron chi connectivity index (χ3n) is 3.16. The van der Waals surface area contributed by atoms with Gasteiger partial charge < -0.3 is 10.1 Å². The molecule has 0 saturated carbocycles. The zero-order chi connectivity index (χ0) is 15.3. The molecule has 0 aromatic heterocycles. The maximum absolute atomic E-state index is 12.1. The molecule has 0 spiro atoms. The highest BCUT2D eigenvalue weighted by Gasteiger charge is 2.31. The van der Waals surface area contributed by atoms with Crippen LogP contribution in [0.15, 0.2) is 22.7 Å².